The van der Waals surface area contributed by atoms with Crippen molar-refractivity contribution < 1.29 is 13.2 Å². The zero-order valence-electron chi connectivity index (χ0n) is 11.3. The van der Waals surface area contributed by atoms with Crippen molar-refractivity contribution >= 4 is 31.6 Å². The van der Waals surface area contributed by atoms with Gasteiger partial charge in [-0.15, -0.1) is 0 Å². The maximum Gasteiger partial charge on any atom is 0.240 e. The number of hydrogen-bond acceptors (Lipinski definition) is 4. The standard InChI is InChI=1S/C14H15BrN2O3S/c1-20-14-6-5-12(8-13(14)15)21(18,19)17-9-10-3-2-4-11(16)7-10/h2-8,17H,9,16H2,1H3. The van der Waals surface area contributed by atoms with Crippen LogP contribution in [0.1, 0.15) is 5.56 Å². The lowest BCUT2D eigenvalue weighted by Gasteiger charge is -2.09. The van der Waals surface area contributed by atoms with Crippen LogP contribution in [-0.4, -0.2) is 15.5 Å². The number of ether oxygens (including phenoxy) is 1. The molecule has 3 N–H and O–H groups in total. The van der Waals surface area contributed by atoms with E-state index in [1.807, 2.05) is 6.07 Å². The van der Waals surface area contributed by atoms with Gasteiger partial charge in [-0.25, -0.2) is 13.1 Å². The molecular weight excluding hydrogens is 356 g/mol. The molecule has 0 amide bonds. The Hall–Kier alpha value is -1.57. The molecule has 0 aliphatic rings. The van der Waals surface area contributed by atoms with Gasteiger partial charge in [0.25, 0.3) is 0 Å². The van der Waals surface area contributed by atoms with Gasteiger partial charge in [-0.2, -0.15) is 0 Å². The Balaban J connectivity index is 2.17. The summed E-state index contributed by atoms with van der Waals surface area (Å²) in [6.07, 6.45) is 0. The third-order valence-electron chi connectivity index (χ3n) is 2.85. The molecule has 0 bridgehead atoms. The molecule has 0 unspecified atom stereocenters. The second-order valence-corrected chi connectivity index (χ2v) is 6.99. The molecule has 2 aromatic carbocycles. The van der Waals surface area contributed by atoms with E-state index in [4.69, 9.17) is 10.5 Å². The second kappa shape index (κ2) is 6.46. The molecule has 0 aliphatic carbocycles. The molecule has 2 rings (SSSR count). The quantitative estimate of drug-likeness (QED) is 0.792. The lowest BCUT2D eigenvalue weighted by Crippen LogP contribution is -2.23. The third kappa shape index (κ3) is 3.96. The fraction of sp³-hybridized carbons (Fsp3) is 0.143. The second-order valence-electron chi connectivity index (χ2n) is 4.37. The van der Waals surface area contributed by atoms with Crippen molar-refractivity contribution in [3.63, 3.8) is 0 Å². The lowest BCUT2D eigenvalue weighted by molar-refractivity contribution is 0.411. The molecule has 7 heteroatoms. The van der Waals surface area contributed by atoms with Crippen LogP contribution in [0.4, 0.5) is 5.69 Å². The van der Waals surface area contributed by atoms with E-state index in [2.05, 4.69) is 20.7 Å². The highest BCUT2D eigenvalue weighted by atomic mass is 79.9. The summed E-state index contributed by atoms with van der Waals surface area (Å²) in [5.41, 5.74) is 7.06. The Morgan fingerprint density at radius 3 is 2.62 bits per heavy atom. The molecule has 0 aliphatic heterocycles. The molecule has 0 radical (unpaired) electrons. The van der Waals surface area contributed by atoms with Crippen LogP contribution in [0.25, 0.3) is 0 Å². The highest BCUT2D eigenvalue weighted by molar-refractivity contribution is 9.10. The summed E-state index contributed by atoms with van der Waals surface area (Å²) in [5.74, 6) is 0.574. The summed E-state index contributed by atoms with van der Waals surface area (Å²) >= 11 is 3.27. The number of hydrogen-bond donors (Lipinski definition) is 2. The van der Waals surface area contributed by atoms with Crippen molar-refractivity contribution in [2.45, 2.75) is 11.4 Å². The van der Waals surface area contributed by atoms with E-state index in [1.54, 1.807) is 24.3 Å². The van der Waals surface area contributed by atoms with Gasteiger partial charge >= 0.3 is 0 Å². The van der Waals surface area contributed by atoms with Crippen molar-refractivity contribution in [3.8, 4) is 5.75 Å². The van der Waals surface area contributed by atoms with Crippen LogP contribution in [0.5, 0.6) is 5.75 Å². The summed E-state index contributed by atoms with van der Waals surface area (Å²) in [6, 6.07) is 11.7. The molecule has 0 saturated heterocycles. The van der Waals surface area contributed by atoms with E-state index >= 15 is 0 Å². The van der Waals surface area contributed by atoms with E-state index in [0.29, 0.717) is 15.9 Å². The number of benzene rings is 2. The van der Waals surface area contributed by atoms with Gasteiger partial charge in [0.1, 0.15) is 5.75 Å². The third-order valence-corrected chi connectivity index (χ3v) is 4.87. The SMILES string of the molecule is COc1ccc(S(=O)(=O)NCc2cccc(N)c2)cc1Br. The number of nitrogens with one attached hydrogen (secondary N) is 1. The fourth-order valence-corrected chi connectivity index (χ4v) is 3.51. The van der Waals surface area contributed by atoms with Gasteiger partial charge in [0.15, 0.2) is 0 Å². The molecule has 0 heterocycles. The van der Waals surface area contributed by atoms with E-state index in [0.717, 1.165) is 5.56 Å². The minimum Gasteiger partial charge on any atom is -0.496 e. The van der Waals surface area contributed by atoms with Crippen LogP contribution in [-0.2, 0) is 16.6 Å². The zero-order chi connectivity index (χ0) is 15.5. The summed E-state index contributed by atoms with van der Waals surface area (Å²) in [7, 11) is -2.08. The molecule has 0 aromatic heterocycles. The maximum absolute atomic E-state index is 12.2. The fourth-order valence-electron chi connectivity index (χ4n) is 1.78. The number of methoxy groups -OCH3 is 1. The van der Waals surface area contributed by atoms with Gasteiger partial charge in [0, 0.05) is 12.2 Å². The summed E-state index contributed by atoms with van der Waals surface area (Å²) in [4.78, 5) is 0.166. The van der Waals surface area contributed by atoms with Gasteiger partial charge in [-0.05, 0) is 51.8 Å². The summed E-state index contributed by atoms with van der Waals surface area (Å²) in [6.45, 7) is 0.178. The van der Waals surface area contributed by atoms with Gasteiger partial charge in [0.05, 0.1) is 16.5 Å². The van der Waals surface area contributed by atoms with E-state index in [1.165, 1.54) is 19.2 Å². The van der Waals surface area contributed by atoms with Crippen molar-refractivity contribution in [3.05, 3.63) is 52.5 Å². The molecule has 0 atom stereocenters. The van der Waals surface area contributed by atoms with Crippen LogP contribution in [0, 0.1) is 0 Å². The maximum atomic E-state index is 12.2. The van der Waals surface area contributed by atoms with Crippen molar-refractivity contribution in [1.82, 2.24) is 4.72 Å². The number of sulfonamides is 1. The molecule has 0 saturated carbocycles. The predicted molar refractivity (Wildman–Crippen MR) is 85.6 cm³/mol. The number of nitrogens with two attached hydrogens (primary N) is 1. The largest absolute Gasteiger partial charge is 0.496 e. The molecule has 0 spiro atoms. The van der Waals surface area contributed by atoms with Crippen LogP contribution in [0.3, 0.4) is 0 Å². The van der Waals surface area contributed by atoms with Crippen LogP contribution < -0.4 is 15.2 Å². The highest BCUT2D eigenvalue weighted by Crippen LogP contribution is 2.27. The van der Waals surface area contributed by atoms with E-state index < -0.39 is 10.0 Å². The summed E-state index contributed by atoms with van der Waals surface area (Å²) in [5, 5.41) is 0. The van der Waals surface area contributed by atoms with Gasteiger partial charge < -0.3 is 10.5 Å². The van der Waals surface area contributed by atoms with Crippen LogP contribution in [0.2, 0.25) is 0 Å². The van der Waals surface area contributed by atoms with Gasteiger partial charge in [0.2, 0.25) is 10.0 Å². The van der Waals surface area contributed by atoms with Crippen LogP contribution >= 0.6 is 15.9 Å². The number of nitrogen functional groups attached to an aromatic ring is 1. The molecule has 5 nitrogen and oxygen atoms in total. The van der Waals surface area contributed by atoms with Crippen molar-refractivity contribution in [2.75, 3.05) is 12.8 Å². The number of rotatable bonds is 5. The normalized spacial score (nSPS) is 11.3. The molecule has 2 aromatic rings. The van der Waals surface area contributed by atoms with Gasteiger partial charge in [-0.1, -0.05) is 12.1 Å². The predicted octanol–water partition coefficient (Wildman–Crippen LogP) is 2.52. The van der Waals surface area contributed by atoms with E-state index in [-0.39, 0.29) is 11.4 Å². The molecule has 21 heavy (non-hydrogen) atoms. The topological polar surface area (TPSA) is 81.4 Å². The summed E-state index contributed by atoms with van der Waals surface area (Å²) < 4.78 is 32.7. The molecule has 0 fully saturated rings. The smallest absolute Gasteiger partial charge is 0.240 e. The number of halogens is 1. The molecule has 112 valence electrons. The first-order valence-corrected chi connectivity index (χ1v) is 8.37. The first-order chi connectivity index (χ1) is 9.92. The average molecular weight is 371 g/mol. The molecular formula is C14H15BrN2O3S. The van der Waals surface area contributed by atoms with Crippen molar-refractivity contribution in [1.29, 1.82) is 0 Å². The first kappa shape index (κ1) is 15.8. The minimum absolute atomic E-state index is 0.166. The van der Waals surface area contributed by atoms with Crippen LogP contribution in [0.15, 0.2) is 51.8 Å². The average Bonchev–Trinajstić information content (AvgIpc) is 2.45. The Kier molecular flexibility index (Phi) is 4.87. The Bertz CT molecular complexity index is 748. The monoisotopic (exact) mass is 370 g/mol. The Morgan fingerprint density at radius 1 is 1.24 bits per heavy atom. The lowest BCUT2D eigenvalue weighted by atomic mass is 10.2. The zero-order valence-corrected chi connectivity index (χ0v) is 13.7. The Labute approximate surface area is 132 Å². The number of anilines is 1. The highest BCUT2D eigenvalue weighted by Gasteiger charge is 2.15. The first-order valence-electron chi connectivity index (χ1n) is 6.10. The minimum atomic E-state index is -3.60. The van der Waals surface area contributed by atoms with Gasteiger partial charge in [-0.3, -0.25) is 0 Å². The van der Waals surface area contributed by atoms with E-state index in [9.17, 15) is 8.42 Å². The van der Waals surface area contributed by atoms with Crippen molar-refractivity contribution in [2.24, 2.45) is 0 Å². The Morgan fingerprint density at radius 2 is 2.00 bits per heavy atom.